The van der Waals surface area contributed by atoms with Gasteiger partial charge < -0.3 is 11.0 Å². The number of rotatable bonds is 0. The molecule has 4 heteroatoms. The fraction of sp³-hybridized carbons (Fsp3) is 1.00. The molecule has 0 aromatic carbocycles. The zero-order valence-corrected chi connectivity index (χ0v) is 6.25. The molecule has 0 fully saturated rings. The molecule has 0 aliphatic rings. The van der Waals surface area contributed by atoms with Gasteiger partial charge in [0.2, 0.25) is 0 Å². The van der Waals surface area contributed by atoms with Crippen molar-refractivity contribution in [2.45, 2.75) is 6.82 Å². The van der Waals surface area contributed by atoms with Crippen LogP contribution in [0.25, 0.3) is 0 Å². The van der Waals surface area contributed by atoms with Gasteiger partial charge in [-0.15, -0.1) is 0 Å². The first-order valence-electron chi connectivity index (χ1n) is 0.577. The molecule has 0 rings (SSSR count). The van der Waals surface area contributed by atoms with Crippen LogP contribution in [0.15, 0.2) is 0 Å². The van der Waals surface area contributed by atoms with Gasteiger partial charge in [0.25, 0.3) is 0 Å². The summed E-state index contributed by atoms with van der Waals surface area (Å²) in [5.41, 5.74) is 0. The molecule has 0 saturated carbocycles. The normalized spacial score (nSPS) is 1.00. The van der Waals surface area contributed by atoms with Gasteiger partial charge in [0, 0.05) is 19.5 Å². The Kier molecular flexibility index (Phi) is 1490. The molecular weight excluding hydrogens is 120 g/mol. The van der Waals surface area contributed by atoms with Gasteiger partial charge in [-0.3, -0.25) is 0 Å². The molecule has 2 nitrogen and oxygen atoms in total. The molecule has 0 spiro atoms. The van der Waals surface area contributed by atoms with Gasteiger partial charge in [0.15, 0.2) is 0 Å². The van der Waals surface area contributed by atoms with Crippen molar-refractivity contribution in [1.29, 1.82) is 0 Å². The summed E-state index contributed by atoms with van der Waals surface area (Å²) in [6.07, 6.45) is 0. The van der Waals surface area contributed by atoms with E-state index in [0.717, 1.165) is 0 Å². The largest absolute Gasteiger partial charge is 0.412 e. The molecule has 0 aliphatic heterocycles. The molecule has 0 atom stereocenters. The molecule has 0 aliphatic carbocycles. The Morgan fingerprint density at radius 1 is 1.00 bits per heavy atom. The first-order valence-corrected chi connectivity index (χ1v) is 0.577. The molecule has 0 saturated heterocycles. The second-order valence-corrected chi connectivity index (χ2v) is 0. The van der Waals surface area contributed by atoms with Gasteiger partial charge in [-0.1, -0.05) is 6.82 Å². The van der Waals surface area contributed by atoms with Crippen molar-refractivity contribution in [2.24, 2.45) is 0 Å². The summed E-state index contributed by atoms with van der Waals surface area (Å²) in [7, 11) is 4.50. The summed E-state index contributed by atoms with van der Waals surface area (Å²) in [6.45, 7) is 1.50. The molecule has 4 N–H and O–H groups in total. The Morgan fingerprint density at radius 3 is 1.00 bits per heavy atom. The zero-order valence-electron chi connectivity index (χ0n) is 3.28. The Bertz CT molecular complexity index is 9.61. The minimum atomic E-state index is 0. The summed E-state index contributed by atoms with van der Waals surface area (Å²) < 4.78 is 0. The fourth-order valence-electron chi connectivity index (χ4n) is 0. The van der Waals surface area contributed by atoms with Crippen molar-refractivity contribution in [1.82, 2.24) is 0 Å². The molecule has 5 heavy (non-hydrogen) atoms. The summed E-state index contributed by atoms with van der Waals surface area (Å²) in [6, 6.07) is 0. The predicted octanol–water partition coefficient (Wildman–Crippen LogP) is -1.45. The van der Waals surface area contributed by atoms with E-state index in [4.69, 9.17) is 0 Å². The van der Waals surface area contributed by atoms with Crippen LogP contribution in [0, 0.1) is 0 Å². The molecule has 28 valence electrons. The second-order valence-electron chi connectivity index (χ2n) is 0. The third-order valence-corrected chi connectivity index (χ3v) is 0. The van der Waals surface area contributed by atoms with Crippen LogP contribution in [-0.2, 0) is 19.5 Å². The molecule has 0 aromatic rings. The summed E-state index contributed by atoms with van der Waals surface area (Å²) >= 11 is 0. The molecule has 0 bridgehead atoms. The maximum Gasteiger partial charge on any atom is 0.0606 e. The van der Waals surface area contributed by atoms with E-state index in [2.05, 4.69) is 7.85 Å². The Morgan fingerprint density at radius 2 is 1.00 bits per heavy atom. The van der Waals surface area contributed by atoms with Gasteiger partial charge in [-0.05, 0) is 0 Å². The Hall–Kier alpha value is 0.608. The summed E-state index contributed by atoms with van der Waals surface area (Å²) in [5.74, 6) is 0. The van der Waals surface area contributed by atoms with E-state index in [0.29, 0.717) is 0 Å². The van der Waals surface area contributed by atoms with Crippen LogP contribution >= 0.6 is 0 Å². The smallest absolute Gasteiger partial charge is 0.0606 e. The zero-order chi connectivity index (χ0) is 2.00. The van der Waals surface area contributed by atoms with Crippen LogP contribution in [0.2, 0.25) is 6.82 Å². The van der Waals surface area contributed by atoms with E-state index in [1.54, 1.807) is 0 Å². The van der Waals surface area contributed by atoms with Gasteiger partial charge in [0.05, 0.1) is 7.85 Å². The van der Waals surface area contributed by atoms with E-state index in [1.807, 2.05) is 0 Å². The molecule has 0 heterocycles. The number of hydrogen-bond donors (Lipinski definition) is 0. The maximum atomic E-state index is 4.50. The third kappa shape index (κ3) is 84.7. The van der Waals surface area contributed by atoms with E-state index in [-0.39, 0.29) is 30.4 Å². The van der Waals surface area contributed by atoms with Gasteiger partial charge in [-0.2, -0.15) is 0 Å². The van der Waals surface area contributed by atoms with E-state index in [1.165, 1.54) is 6.82 Å². The average molecular weight is 127 g/mol. The van der Waals surface area contributed by atoms with E-state index >= 15 is 0 Å². The van der Waals surface area contributed by atoms with Crippen LogP contribution in [0.5, 0.6) is 0 Å². The SMILES string of the molecule is O.O.[B]C.[Zn]. The van der Waals surface area contributed by atoms with Crippen molar-refractivity contribution in [2.75, 3.05) is 0 Å². The predicted molar refractivity (Wildman–Crippen MR) is 18.8 cm³/mol. The van der Waals surface area contributed by atoms with Crippen molar-refractivity contribution >= 4 is 7.85 Å². The van der Waals surface area contributed by atoms with Crippen molar-refractivity contribution < 1.29 is 30.4 Å². The molecule has 0 aromatic heterocycles. The van der Waals surface area contributed by atoms with Gasteiger partial charge >= 0.3 is 0 Å². The standard InChI is InChI=1S/CH3B.2H2O.Zn/c1-2;;;/h1H3;2*1H2;. The second kappa shape index (κ2) is 162. The minimum absolute atomic E-state index is 0. The minimum Gasteiger partial charge on any atom is -0.412 e. The molecule has 0 unspecified atom stereocenters. The number of hydrogen-bond acceptors (Lipinski definition) is 0. The van der Waals surface area contributed by atoms with Crippen LogP contribution < -0.4 is 0 Å². The molecule has 0 amide bonds. The van der Waals surface area contributed by atoms with E-state index < -0.39 is 0 Å². The quantitative estimate of drug-likeness (QED) is 0.357. The first-order chi connectivity index (χ1) is 1.00. The summed E-state index contributed by atoms with van der Waals surface area (Å²) in [5, 5.41) is 0. The van der Waals surface area contributed by atoms with Gasteiger partial charge in [0.1, 0.15) is 0 Å². The van der Waals surface area contributed by atoms with E-state index in [9.17, 15) is 0 Å². The Labute approximate surface area is 45.7 Å². The summed E-state index contributed by atoms with van der Waals surface area (Å²) in [4.78, 5) is 0. The van der Waals surface area contributed by atoms with Crippen LogP contribution in [0.3, 0.4) is 0 Å². The van der Waals surface area contributed by atoms with Gasteiger partial charge in [-0.25, -0.2) is 0 Å². The first kappa shape index (κ1) is 46.0. The van der Waals surface area contributed by atoms with Crippen molar-refractivity contribution in [3.05, 3.63) is 0 Å². The average Bonchev–Trinajstić information content (AvgIpc) is 1.00. The van der Waals surface area contributed by atoms with Crippen molar-refractivity contribution in [3.63, 3.8) is 0 Å². The monoisotopic (exact) mass is 126 g/mol. The van der Waals surface area contributed by atoms with Crippen LogP contribution in [-0.4, -0.2) is 18.8 Å². The van der Waals surface area contributed by atoms with Crippen LogP contribution in [0.4, 0.5) is 0 Å². The fourth-order valence-corrected chi connectivity index (χ4v) is 0. The van der Waals surface area contributed by atoms with Crippen LogP contribution in [0.1, 0.15) is 0 Å². The Balaban J connectivity index is -0.00000000167. The molecular formula is CH7BO2Zn. The molecule has 2 radical (unpaired) electrons. The topological polar surface area (TPSA) is 63.0 Å². The van der Waals surface area contributed by atoms with Crippen molar-refractivity contribution in [3.8, 4) is 0 Å². The maximum absolute atomic E-state index is 4.50. The third-order valence-electron chi connectivity index (χ3n) is 0.